The van der Waals surface area contributed by atoms with E-state index < -0.39 is 0 Å². The van der Waals surface area contributed by atoms with Gasteiger partial charge in [-0.25, -0.2) is 0 Å². The molecular formula is C6H4Ag2. The monoisotopic (exact) mass is 290 g/mol. The van der Waals surface area contributed by atoms with E-state index in [1.54, 1.807) is 0 Å². The standard InChI is InChI=1S/C6H4.2Ag/c1-3-5-6-4-2;;/h5-6H2;;/q-2;2*+1. The Bertz CT molecular complexity index is 80.1. The molecule has 0 aromatic carbocycles. The van der Waals surface area contributed by atoms with Crippen molar-refractivity contribution in [3.8, 4) is 11.8 Å². The summed E-state index contributed by atoms with van der Waals surface area (Å²) in [4.78, 5) is 0. The molecule has 0 unspecified atom stereocenters. The van der Waals surface area contributed by atoms with Crippen molar-refractivity contribution in [2.75, 3.05) is 0 Å². The van der Waals surface area contributed by atoms with Crippen LogP contribution in [0.2, 0.25) is 0 Å². The molecule has 0 aliphatic carbocycles. The molecule has 0 bridgehead atoms. The maximum atomic E-state index is 6.33. The minimum atomic E-state index is 0. The molecule has 0 aromatic heterocycles. The van der Waals surface area contributed by atoms with E-state index in [9.17, 15) is 0 Å². The third-order valence-corrected chi connectivity index (χ3v) is 0.375. The Morgan fingerprint density at radius 2 is 1.12 bits per heavy atom. The van der Waals surface area contributed by atoms with Crippen molar-refractivity contribution in [2.24, 2.45) is 0 Å². The Kier molecular flexibility index (Phi) is 31.0. The van der Waals surface area contributed by atoms with Gasteiger partial charge >= 0.3 is 44.8 Å². The summed E-state index contributed by atoms with van der Waals surface area (Å²) in [7, 11) is 0. The zero-order valence-electron chi connectivity index (χ0n) is 4.02. The third-order valence-electron chi connectivity index (χ3n) is 0.375. The van der Waals surface area contributed by atoms with E-state index in [1.165, 1.54) is 0 Å². The fourth-order valence-electron chi connectivity index (χ4n) is 0.125. The molecule has 0 aromatic rings. The molecule has 0 atom stereocenters. The largest absolute Gasteiger partial charge is 1.00 e. The molecule has 0 saturated heterocycles. The van der Waals surface area contributed by atoms with Crippen LogP contribution in [0.3, 0.4) is 0 Å². The molecule has 0 fully saturated rings. The average Bonchev–Trinajstić information content (AvgIpc) is 1.61. The van der Waals surface area contributed by atoms with Crippen molar-refractivity contribution in [1.82, 2.24) is 0 Å². The van der Waals surface area contributed by atoms with E-state index in [2.05, 4.69) is 11.8 Å². The van der Waals surface area contributed by atoms with Crippen molar-refractivity contribution in [1.29, 1.82) is 0 Å². The summed E-state index contributed by atoms with van der Waals surface area (Å²) in [5, 5.41) is 0. The van der Waals surface area contributed by atoms with Gasteiger partial charge in [0.15, 0.2) is 0 Å². The molecule has 50 valence electrons. The SMILES string of the molecule is [Ag+].[Ag+].[C-]#CCCC#[C-]. The molecule has 0 spiro atoms. The molecule has 8 heavy (non-hydrogen) atoms. The van der Waals surface area contributed by atoms with Gasteiger partial charge in [-0.3, -0.25) is 0 Å². The van der Waals surface area contributed by atoms with E-state index in [-0.39, 0.29) is 44.8 Å². The van der Waals surface area contributed by atoms with Gasteiger partial charge in [-0.15, -0.1) is 0 Å². The smallest absolute Gasteiger partial charge is 0.694 e. The first-order valence-electron chi connectivity index (χ1n) is 1.71. The van der Waals surface area contributed by atoms with Gasteiger partial charge in [-0.05, 0) is 12.8 Å². The van der Waals surface area contributed by atoms with Crippen LogP contribution < -0.4 is 0 Å². The van der Waals surface area contributed by atoms with E-state index in [0.29, 0.717) is 12.8 Å². The second kappa shape index (κ2) is 15.6. The predicted octanol–water partition coefficient (Wildman–Crippen LogP) is 0.941. The minimum Gasteiger partial charge on any atom is -0.694 e. The summed E-state index contributed by atoms with van der Waals surface area (Å²) in [6.07, 6.45) is 13.7. The summed E-state index contributed by atoms with van der Waals surface area (Å²) < 4.78 is 0. The maximum Gasteiger partial charge on any atom is 1.00 e. The Balaban J connectivity index is -0.000000125. The van der Waals surface area contributed by atoms with Gasteiger partial charge in [-0.2, -0.15) is 0 Å². The maximum absolute atomic E-state index is 6.33. The fraction of sp³-hybridized carbons (Fsp3) is 0.333. The van der Waals surface area contributed by atoms with Crippen LogP contribution in [-0.2, 0) is 44.8 Å². The Hall–Kier alpha value is 0.601. The molecule has 0 radical (unpaired) electrons. The van der Waals surface area contributed by atoms with Crippen molar-refractivity contribution in [2.45, 2.75) is 12.8 Å². The quantitative estimate of drug-likeness (QED) is 0.292. The molecule has 0 amide bonds. The van der Waals surface area contributed by atoms with E-state index in [0.717, 1.165) is 0 Å². The van der Waals surface area contributed by atoms with Gasteiger partial charge in [0.2, 0.25) is 0 Å². The van der Waals surface area contributed by atoms with Crippen LogP contribution in [-0.4, -0.2) is 0 Å². The van der Waals surface area contributed by atoms with Crippen molar-refractivity contribution < 1.29 is 44.8 Å². The van der Waals surface area contributed by atoms with Crippen LogP contribution in [0.15, 0.2) is 0 Å². The van der Waals surface area contributed by atoms with Crippen LogP contribution in [0.1, 0.15) is 12.8 Å². The minimum absolute atomic E-state index is 0. The van der Waals surface area contributed by atoms with E-state index >= 15 is 0 Å². The van der Waals surface area contributed by atoms with Gasteiger partial charge in [0, 0.05) is 0 Å². The molecule has 2 heteroatoms. The molecule has 0 aliphatic heterocycles. The normalized spacial score (nSPS) is 4.25. The number of unbranched alkanes of at least 4 members (excludes halogenated alkanes) is 1. The van der Waals surface area contributed by atoms with Gasteiger partial charge in [0.1, 0.15) is 0 Å². The van der Waals surface area contributed by atoms with Gasteiger partial charge in [0.05, 0.1) is 0 Å². The summed E-state index contributed by atoms with van der Waals surface area (Å²) in [6.45, 7) is 0. The first-order valence-corrected chi connectivity index (χ1v) is 1.71. The molecule has 0 saturated carbocycles. The first-order chi connectivity index (χ1) is 2.91. The summed E-state index contributed by atoms with van der Waals surface area (Å²) in [5.74, 6) is 4.27. The Morgan fingerprint density at radius 1 is 0.875 bits per heavy atom. The Morgan fingerprint density at radius 3 is 1.25 bits per heavy atom. The van der Waals surface area contributed by atoms with E-state index in [1.807, 2.05) is 0 Å². The zero-order valence-corrected chi connectivity index (χ0v) is 6.98. The summed E-state index contributed by atoms with van der Waals surface area (Å²) >= 11 is 0. The van der Waals surface area contributed by atoms with Gasteiger partial charge in [-0.1, -0.05) is 0 Å². The number of rotatable bonds is 1. The van der Waals surface area contributed by atoms with Crippen molar-refractivity contribution >= 4 is 0 Å². The second-order valence-electron chi connectivity index (χ2n) is 0.854. The fourth-order valence-corrected chi connectivity index (χ4v) is 0.125. The van der Waals surface area contributed by atoms with Crippen LogP contribution in [0.4, 0.5) is 0 Å². The third kappa shape index (κ3) is 16.0. The van der Waals surface area contributed by atoms with Gasteiger partial charge in [0.25, 0.3) is 0 Å². The number of hydrogen-bond donors (Lipinski definition) is 0. The molecule has 0 heterocycles. The predicted molar refractivity (Wildman–Crippen MR) is 23.5 cm³/mol. The summed E-state index contributed by atoms with van der Waals surface area (Å²) in [6, 6.07) is 0. The molecular weight excluding hydrogens is 288 g/mol. The number of hydrogen-bond acceptors (Lipinski definition) is 0. The van der Waals surface area contributed by atoms with Crippen molar-refractivity contribution in [3.63, 3.8) is 0 Å². The second-order valence-corrected chi connectivity index (χ2v) is 0.854. The molecule has 0 N–H and O–H groups in total. The van der Waals surface area contributed by atoms with Gasteiger partial charge < -0.3 is 24.7 Å². The van der Waals surface area contributed by atoms with Crippen LogP contribution in [0.5, 0.6) is 0 Å². The topological polar surface area (TPSA) is 0 Å². The van der Waals surface area contributed by atoms with Crippen LogP contribution >= 0.6 is 0 Å². The molecule has 0 rings (SSSR count). The average molecular weight is 292 g/mol. The van der Waals surface area contributed by atoms with E-state index in [4.69, 9.17) is 12.8 Å². The summed E-state index contributed by atoms with van der Waals surface area (Å²) in [5.41, 5.74) is 0. The van der Waals surface area contributed by atoms with Crippen LogP contribution in [0, 0.1) is 24.7 Å². The molecule has 0 aliphatic rings. The zero-order chi connectivity index (χ0) is 4.83. The van der Waals surface area contributed by atoms with Crippen LogP contribution in [0.25, 0.3) is 0 Å². The first kappa shape index (κ1) is 15.8. The Labute approximate surface area is 81.8 Å². The molecule has 0 nitrogen and oxygen atoms in total. The van der Waals surface area contributed by atoms with Crippen molar-refractivity contribution in [3.05, 3.63) is 12.8 Å².